The fourth-order valence-electron chi connectivity index (χ4n) is 3.12. The van der Waals surface area contributed by atoms with Gasteiger partial charge in [-0.25, -0.2) is 4.98 Å². The number of aryl methyl sites for hydroxylation is 4. The molecule has 5 heteroatoms. The zero-order valence-corrected chi connectivity index (χ0v) is 13.8. The van der Waals surface area contributed by atoms with E-state index in [9.17, 15) is 9.59 Å². The van der Waals surface area contributed by atoms with E-state index in [1.165, 1.54) is 4.57 Å². The predicted octanol–water partition coefficient (Wildman–Crippen LogP) is 2.30. The first-order valence-corrected chi connectivity index (χ1v) is 7.92. The molecular formula is C18H21N3O2. The number of nitrogens with one attached hydrogen (secondary N) is 1. The molecule has 0 spiro atoms. The van der Waals surface area contributed by atoms with Crippen molar-refractivity contribution in [2.45, 2.75) is 46.6 Å². The molecule has 0 fully saturated rings. The number of carbonyl (C=O) groups excluding carboxylic acids is 1. The fourth-order valence-corrected chi connectivity index (χ4v) is 3.12. The molecule has 1 heterocycles. The number of carbonyl (C=O) groups is 1. The van der Waals surface area contributed by atoms with Gasteiger partial charge in [0.15, 0.2) is 0 Å². The second-order valence-corrected chi connectivity index (χ2v) is 6.20. The van der Waals surface area contributed by atoms with Gasteiger partial charge >= 0.3 is 0 Å². The Kier molecular flexibility index (Phi) is 4.03. The minimum atomic E-state index is -0.207. The summed E-state index contributed by atoms with van der Waals surface area (Å²) >= 11 is 0. The first-order valence-electron chi connectivity index (χ1n) is 7.92. The summed E-state index contributed by atoms with van der Waals surface area (Å²) in [5, 5.41) is 2.88. The van der Waals surface area contributed by atoms with Crippen LogP contribution in [0.2, 0.25) is 0 Å². The largest absolute Gasteiger partial charge is 0.324 e. The predicted molar refractivity (Wildman–Crippen MR) is 89.8 cm³/mol. The van der Waals surface area contributed by atoms with Gasteiger partial charge in [0.25, 0.3) is 5.56 Å². The summed E-state index contributed by atoms with van der Waals surface area (Å²) in [5.41, 5.74) is 4.54. The SMILES string of the molecule is Cc1ccc(NC(=O)Cn2c(C)nc3c(c2=O)CCC3)c(C)c1. The summed E-state index contributed by atoms with van der Waals surface area (Å²) in [4.78, 5) is 29.3. The van der Waals surface area contributed by atoms with Gasteiger partial charge in [-0.1, -0.05) is 17.7 Å². The number of aromatic nitrogens is 2. The Balaban J connectivity index is 1.82. The zero-order valence-electron chi connectivity index (χ0n) is 13.8. The molecule has 2 aromatic rings. The van der Waals surface area contributed by atoms with Gasteiger partial charge in [-0.15, -0.1) is 0 Å². The maximum Gasteiger partial charge on any atom is 0.257 e. The van der Waals surface area contributed by atoms with Gasteiger partial charge < -0.3 is 5.32 Å². The van der Waals surface area contributed by atoms with E-state index in [0.717, 1.165) is 47.3 Å². The van der Waals surface area contributed by atoms with E-state index in [-0.39, 0.29) is 18.0 Å². The quantitative estimate of drug-likeness (QED) is 0.946. The van der Waals surface area contributed by atoms with E-state index in [2.05, 4.69) is 10.3 Å². The monoisotopic (exact) mass is 311 g/mol. The van der Waals surface area contributed by atoms with E-state index in [1.54, 1.807) is 6.92 Å². The molecule has 1 aliphatic rings. The average Bonchev–Trinajstić information content (AvgIpc) is 2.95. The van der Waals surface area contributed by atoms with E-state index in [1.807, 2.05) is 32.0 Å². The molecule has 0 saturated carbocycles. The van der Waals surface area contributed by atoms with Gasteiger partial charge in [0.2, 0.25) is 5.91 Å². The molecule has 120 valence electrons. The van der Waals surface area contributed by atoms with Crippen LogP contribution in [-0.4, -0.2) is 15.5 Å². The van der Waals surface area contributed by atoms with Crippen LogP contribution in [0.4, 0.5) is 5.69 Å². The number of anilines is 1. The maximum atomic E-state index is 12.5. The lowest BCUT2D eigenvalue weighted by atomic mass is 10.1. The van der Waals surface area contributed by atoms with Crippen molar-refractivity contribution < 1.29 is 4.79 Å². The third-order valence-electron chi connectivity index (χ3n) is 4.34. The van der Waals surface area contributed by atoms with Crippen LogP contribution in [0.5, 0.6) is 0 Å². The number of benzene rings is 1. The number of rotatable bonds is 3. The minimum Gasteiger partial charge on any atom is -0.324 e. The highest BCUT2D eigenvalue weighted by atomic mass is 16.2. The van der Waals surface area contributed by atoms with Crippen LogP contribution in [0.1, 0.15) is 34.6 Å². The number of hydrogen-bond acceptors (Lipinski definition) is 3. The molecule has 5 nitrogen and oxygen atoms in total. The molecule has 3 rings (SSSR count). The zero-order chi connectivity index (χ0) is 16.6. The minimum absolute atomic E-state index is 0.00172. The van der Waals surface area contributed by atoms with Crippen molar-refractivity contribution >= 4 is 11.6 Å². The Labute approximate surface area is 135 Å². The number of fused-ring (bicyclic) bond motifs is 1. The molecule has 0 unspecified atom stereocenters. The molecule has 0 aliphatic heterocycles. The summed E-state index contributed by atoms with van der Waals surface area (Å²) in [6.07, 6.45) is 2.59. The van der Waals surface area contributed by atoms with E-state index < -0.39 is 0 Å². The molecule has 1 aliphatic carbocycles. The summed E-state index contributed by atoms with van der Waals surface area (Å²) in [7, 11) is 0. The summed E-state index contributed by atoms with van der Waals surface area (Å²) < 4.78 is 1.48. The first kappa shape index (κ1) is 15.5. The Hall–Kier alpha value is -2.43. The lowest BCUT2D eigenvalue weighted by molar-refractivity contribution is -0.116. The Morgan fingerprint density at radius 3 is 2.78 bits per heavy atom. The van der Waals surface area contributed by atoms with E-state index >= 15 is 0 Å². The normalized spacial score (nSPS) is 13.0. The van der Waals surface area contributed by atoms with Crippen molar-refractivity contribution in [3.05, 3.63) is 56.8 Å². The molecule has 1 amide bonds. The standard InChI is InChI=1S/C18H21N3O2/c1-11-7-8-15(12(2)9-11)20-17(22)10-21-13(3)19-16-6-4-5-14(16)18(21)23/h7-9H,4-6,10H2,1-3H3,(H,20,22). The number of hydrogen-bond donors (Lipinski definition) is 1. The van der Waals surface area contributed by atoms with Crippen LogP contribution in [0.25, 0.3) is 0 Å². The van der Waals surface area contributed by atoms with E-state index in [0.29, 0.717) is 5.82 Å². The molecule has 1 N–H and O–H groups in total. The van der Waals surface area contributed by atoms with Gasteiger partial charge in [0, 0.05) is 11.3 Å². The highest BCUT2D eigenvalue weighted by molar-refractivity contribution is 5.91. The van der Waals surface area contributed by atoms with Gasteiger partial charge in [-0.05, 0) is 51.7 Å². The van der Waals surface area contributed by atoms with Crippen LogP contribution in [-0.2, 0) is 24.2 Å². The lowest BCUT2D eigenvalue weighted by Gasteiger charge is -2.13. The molecule has 1 aromatic heterocycles. The Bertz CT molecular complexity index is 837. The highest BCUT2D eigenvalue weighted by Crippen LogP contribution is 2.17. The van der Waals surface area contributed by atoms with Crippen LogP contribution < -0.4 is 10.9 Å². The fraction of sp³-hybridized carbons (Fsp3) is 0.389. The van der Waals surface area contributed by atoms with Gasteiger partial charge in [0.05, 0.1) is 5.69 Å². The summed E-state index contributed by atoms with van der Waals surface area (Å²) in [5.74, 6) is 0.397. The Morgan fingerprint density at radius 1 is 1.26 bits per heavy atom. The average molecular weight is 311 g/mol. The van der Waals surface area contributed by atoms with Crippen LogP contribution in [0.3, 0.4) is 0 Å². The number of nitrogens with zero attached hydrogens (tertiary/aromatic N) is 2. The maximum absolute atomic E-state index is 12.5. The lowest BCUT2D eigenvalue weighted by Crippen LogP contribution is -2.32. The third kappa shape index (κ3) is 3.04. The molecule has 0 saturated heterocycles. The molecule has 0 bridgehead atoms. The van der Waals surface area contributed by atoms with E-state index in [4.69, 9.17) is 0 Å². The molecular weight excluding hydrogens is 290 g/mol. The van der Waals surface area contributed by atoms with Gasteiger partial charge in [0.1, 0.15) is 12.4 Å². The van der Waals surface area contributed by atoms with Crippen molar-refractivity contribution in [1.29, 1.82) is 0 Å². The van der Waals surface area contributed by atoms with Crippen molar-refractivity contribution in [1.82, 2.24) is 9.55 Å². The van der Waals surface area contributed by atoms with Gasteiger partial charge in [-0.3, -0.25) is 14.2 Å². The Morgan fingerprint density at radius 2 is 2.04 bits per heavy atom. The highest BCUT2D eigenvalue weighted by Gasteiger charge is 2.20. The second-order valence-electron chi connectivity index (χ2n) is 6.20. The topological polar surface area (TPSA) is 64.0 Å². The smallest absolute Gasteiger partial charge is 0.257 e. The molecule has 1 aromatic carbocycles. The van der Waals surface area contributed by atoms with Crippen LogP contribution in [0.15, 0.2) is 23.0 Å². The summed E-state index contributed by atoms with van der Waals surface area (Å²) in [6.45, 7) is 5.75. The van der Waals surface area contributed by atoms with Crippen molar-refractivity contribution in [2.24, 2.45) is 0 Å². The molecule has 23 heavy (non-hydrogen) atoms. The van der Waals surface area contributed by atoms with Crippen LogP contribution >= 0.6 is 0 Å². The molecule has 0 radical (unpaired) electrons. The molecule has 0 atom stereocenters. The van der Waals surface area contributed by atoms with Crippen molar-refractivity contribution in [3.63, 3.8) is 0 Å². The number of amides is 1. The third-order valence-corrected chi connectivity index (χ3v) is 4.34. The van der Waals surface area contributed by atoms with Crippen LogP contribution in [0, 0.1) is 20.8 Å². The van der Waals surface area contributed by atoms with Crippen molar-refractivity contribution in [3.8, 4) is 0 Å². The van der Waals surface area contributed by atoms with Crippen molar-refractivity contribution in [2.75, 3.05) is 5.32 Å². The summed E-state index contributed by atoms with van der Waals surface area (Å²) in [6, 6.07) is 5.86. The first-order chi connectivity index (χ1) is 11.0. The van der Waals surface area contributed by atoms with Gasteiger partial charge in [-0.2, -0.15) is 0 Å². The second kappa shape index (κ2) is 5.99.